The summed E-state index contributed by atoms with van der Waals surface area (Å²) in [5, 5.41) is 2.52. The Morgan fingerprint density at radius 2 is 1.81 bits per heavy atom. The molecule has 0 spiro atoms. The van der Waals surface area contributed by atoms with E-state index in [0.29, 0.717) is 4.83 Å². The quantitative estimate of drug-likeness (QED) is 0.581. The molecule has 0 aromatic heterocycles. The molecule has 0 radical (unpaired) electrons. The molecule has 21 heavy (non-hydrogen) atoms. The molecular formula is C19H23BrO. The molecule has 2 heteroatoms. The lowest BCUT2D eigenvalue weighted by Crippen LogP contribution is -1.98. The zero-order valence-corrected chi connectivity index (χ0v) is 14.2. The van der Waals surface area contributed by atoms with Gasteiger partial charge in [0, 0.05) is 10.2 Å². The molecular weight excluding hydrogens is 324 g/mol. The number of ether oxygens (including phenoxy) is 1. The van der Waals surface area contributed by atoms with Crippen LogP contribution in [0, 0.1) is 5.92 Å². The van der Waals surface area contributed by atoms with Crippen LogP contribution < -0.4 is 4.74 Å². The van der Waals surface area contributed by atoms with Crippen molar-refractivity contribution in [3.8, 4) is 5.75 Å². The van der Waals surface area contributed by atoms with Gasteiger partial charge < -0.3 is 4.74 Å². The van der Waals surface area contributed by atoms with Gasteiger partial charge in [0.15, 0.2) is 0 Å². The second kappa shape index (κ2) is 6.83. The third kappa shape index (κ3) is 3.26. The number of methoxy groups -OCH3 is 1. The van der Waals surface area contributed by atoms with Gasteiger partial charge in [-0.1, -0.05) is 71.9 Å². The molecule has 1 aliphatic rings. The second-order valence-corrected chi connectivity index (χ2v) is 7.20. The van der Waals surface area contributed by atoms with Crippen LogP contribution in [0.2, 0.25) is 0 Å². The van der Waals surface area contributed by atoms with Crippen LogP contribution in [-0.2, 0) is 0 Å². The van der Waals surface area contributed by atoms with Crippen LogP contribution in [0.15, 0.2) is 36.4 Å². The molecule has 0 heterocycles. The van der Waals surface area contributed by atoms with E-state index >= 15 is 0 Å². The maximum Gasteiger partial charge on any atom is 0.126 e. The van der Waals surface area contributed by atoms with Crippen molar-refractivity contribution >= 4 is 26.7 Å². The second-order valence-electron chi connectivity index (χ2n) is 6.10. The monoisotopic (exact) mass is 346 g/mol. The standard InChI is InChI=1S/C19H23BrO/c1-21-19-13-11-16(15-8-4-5-9-17(15)19)18(20)12-10-14-6-2-3-7-14/h4-5,8-9,11,13-14,18H,2-3,6-7,10,12H2,1H3. The van der Waals surface area contributed by atoms with Gasteiger partial charge in [-0.15, -0.1) is 0 Å². The van der Waals surface area contributed by atoms with Crippen LogP contribution in [0.3, 0.4) is 0 Å². The molecule has 0 saturated heterocycles. The smallest absolute Gasteiger partial charge is 0.126 e. The van der Waals surface area contributed by atoms with Crippen molar-refractivity contribution in [3.63, 3.8) is 0 Å². The van der Waals surface area contributed by atoms with Gasteiger partial charge in [-0.25, -0.2) is 0 Å². The lowest BCUT2D eigenvalue weighted by Gasteiger charge is -2.17. The van der Waals surface area contributed by atoms with Crippen molar-refractivity contribution in [1.29, 1.82) is 0 Å². The topological polar surface area (TPSA) is 9.23 Å². The minimum atomic E-state index is 0.439. The van der Waals surface area contributed by atoms with E-state index in [2.05, 4.69) is 52.3 Å². The van der Waals surface area contributed by atoms with Crippen LogP contribution in [0.25, 0.3) is 10.8 Å². The summed E-state index contributed by atoms with van der Waals surface area (Å²) in [7, 11) is 1.74. The molecule has 0 bridgehead atoms. The predicted molar refractivity (Wildman–Crippen MR) is 93.4 cm³/mol. The number of hydrogen-bond acceptors (Lipinski definition) is 1. The van der Waals surface area contributed by atoms with Crippen molar-refractivity contribution in [2.75, 3.05) is 7.11 Å². The summed E-state index contributed by atoms with van der Waals surface area (Å²) in [6.45, 7) is 0. The minimum Gasteiger partial charge on any atom is -0.496 e. The molecule has 1 unspecified atom stereocenters. The molecule has 1 aliphatic carbocycles. The maximum absolute atomic E-state index is 5.49. The third-order valence-electron chi connectivity index (χ3n) is 4.78. The zero-order chi connectivity index (χ0) is 14.7. The Morgan fingerprint density at radius 3 is 2.52 bits per heavy atom. The van der Waals surface area contributed by atoms with Crippen molar-refractivity contribution in [1.82, 2.24) is 0 Å². The molecule has 0 N–H and O–H groups in total. The van der Waals surface area contributed by atoms with Gasteiger partial charge in [-0.2, -0.15) is 0 Å². The van der Waals surface area contributed by atoms with E-state index < -0.39 is 0 Å². The summed E-state index contributed by atoms with van der Waals surface area (Å²) >= 11 is 3.92. The molecule has 2 aromatic carbocycles. The molecule has 1 fully saturated rings. The lowest BCUT2D eigenvalue weighted by molar-refractivity contribution is 0.419. The fraction of sp³-hybridized carbons (Fsp3) is 0.474. The van der Waals surface area contributed by atoms with Gasteiger partial charge in [-0.3, -0.25) is 0 Å². The zero-order valence-electron chi connectivity index (χ0n) is 12.6. The Kier molecular flexibility index (Phi) is 4.84. The van der Waals surface area contributed by atoms with E-state index in [0.717, 1.165) is 11.7 Å². The largest absolute Gasteiger partial charge is 0.496 e. The predicted octanol–water partition coefficient (Wildman–Crippen LogP) is 6.25. The molecule has 3 rings (SSSR count). The van der Waals surface area contributed by atoms with Crippen molar-refractivity contribution in [2.45, 2.75) is 43.4 Å². The first-order valence-electron chi connectivity index (χ1n) is 7.99. The van der Waals surface area contributed by atoms with E-state index in [4.69, 9.17) is 4.74 Å². The lowest BCUT2D eigenvalue weighted by atomic mass is 9.95. The van der Waals surface area contributed by atoms with Crippen molar-refractivity contribution in [3.05, 3.63) is 42.0 Å². The number of benzene rings is 2. The minimum absolute atomic E-state index is 0.439. The molecule has 2 aromatic rings. The normalized spacial score (nSPS) is 17.2. The Bertz CT molecular complexity index is 602. The summed E-state index contributed by atoms with van der Waals surface area (Å²) in [6.07, 6.45) is 8.30. The van der Waals surface area contributed by atoms with Gasteiger partial charge in [0.05, 0.1) is 7.11 Å². The maximum atomic E-state index is 5.49. The van der Waals surface area contributed by atoms with Crippen LogP contribution in [0.4, 0.5) is 0 Å². The Hall–Kier alpha value is -1.02. The SMILES string of the molecule is COc1ccc(C(Br)CCC2CCCC2)c2ccccc12. The Labute approximate surface area is 135 Å². The molecule has 1 atom stereocenters. The summed E-state index contributed by atoms with van der Waals surface area (Å²) in [6, 6.07) is 12.9. The fourth-order valence-corrected chi connectivity index (χ4v) is 4.25. The molecule has 0 aliphatic heterocycles. The van der Waals surface area contributed by atoms with Crippen LogP contribution >= 0.6 is 15.9 Å². The molecule has 112 valence electrons. The van der Waals surface area contributed by atoms with E-state index in [1.807, 2.05) is 0 Å². The van der Waals surface area contributed by atoms with Gasteiger partial charge in [0.2, 0.25) is 0 Å². The van der Waals surface area contributed by atoms with Crippen LogP contribution in [0.5, 0.6) is 5.75 Å². The average Bonchev–Trinajstić information content (AvgIpc) is 3.05. The van der Waals surface area contributed by atoms with Crippen molar-refractivity contribution < 1.29 is 4.74 Å². The van der Waals surface area contributed by atoms with Gasteiger partial charge in [0.25, 0.3) is 0 Å². The number of halogens is 1. The highest BCUT2D eigenvalue weighted by molar-refractivity contribution is 9.09. The van der Waals surface area contributed by atoms with E-state index in [1.165, 1.54) is 54.9 Å². The van der Waals surface area contributed by atoms with Crippen molar-refractivity contribution in [2.24, 2.45) is 5.92 Å². The molecule has 0 amide bonds. The van der Waals surface area contributed by atoms with E-state index in [9.17, 15) is 0 Å². The number of alkyl halides is 1. The number of rotatable bonds is 5. The van der Waals surface area contributed by atoms with E-state index in [-0.39, 0.29) is 0 Å². The third-order valence-corrected chi connectivity index (χ3v) is 5.73. The highest BCUT2D eigenvalue weighted by Crippen LogP contribution is 2.39. The highest BCUT2D eigenvalue weighted by Gasteiger charge is 2.18. The Balaban J connectivity index is 1.82. The first-order chi connectivity index (χ1) is 10.3. The molecule has 1 saturated carbocycles. The Morgan fingerprint density at radius 1 is 1.10 bits per heavy atom. The van der Waals surface area contributed by atoms with E-state index in [1.54, 1.807) is 7.11 Å². The summed E-state index contributed by atoms with van der Waals surface area (Å²) < 4.78 is 5.49. The molecule has 1 nitrogen and oxygen atoms in total. The fourth-order valence-electron chi connectivity index (χ4n) is 3.58. The van der Waals surface area contributed by atoms with Gasteiger partial charge >= 0.3 is 0 Å². The first-order valence-corrected chi connectivity index (χ1v) is 8.91. The summed E-state index contributed by atoms with van der Waals surface area (Å²) in [4.78, 5) is 0.439. The summed E-state index contributed by atoms with van der Waals surface area (Å²) in [5.74, 6) is 1.92. The van der Waals surface area contributed by atoms with Gasteiger partial charge in [-0.05, 0) is 35.8 Å². The first kappa shape index (κ1) is 14.9. The number of fused-ring (bicyclic) bond motifs is 1. The van der Waals surface area contributed by atoms with Gasteiger partial charge in [0.1, 0.15) is 5.75 Å². The van der Waals surface area contributed by atoms with Crippen LogP contribution in [-0.4, -0.2) is 7.11 Å². The number of hydrogen-bond donors (Lipinski definition) is 0. The highest BCUT2D eigenvalue weighted by atomic mass is 79.9. The van der Waals surface area contributed by atoms with Crippen LogP contribution in [0.1, 0.15) is 48.9 Å². The average molecular weight is 347 g/mol. The summed E-state index contributed by atoms with van der Waals surface area (Å²) in [5.41, 5.74) is 1.39.